The van der Waals surface area contributed by atoms with Gasteiger partial charge in [-0.1, -0.05) is 49.0 Å². The van der Waals surface area contributed by atoms with Gasteiger partial charge in [-0.15, -0.1) is 0 Å². The Kier molecular flexibility index (Phi) is 5.87. The zero-order chi connectivity index (χ0) is 15.1. The predicted molar refractivity (Wildman–Crippen MR) is 91.1 cm³/mol. The fraction of sp³-hybridized carbons (Fsp3) is 0.375. The lowest BCUT2D eigenvalue weighted by atomic mass is 10.1. The van der Waals surface area contributed by atoms with Gasteiger partial charge in [0.05, 0.1) is 0 Å². The summed E-state index contributed by atoms with van der Waals surface area (Å²) in [6, 6.07) is 12.5. The molecule has 21 heavy (non-hydrogen) atoms. The van der Waals surface area contributed by atoms with Crippen molar-refractivity contribution in [3.63, 3.8) is 0 Å². The standard InChI is InChI=1S/C16H22N4S/c1-4-10-17-14-11-15(20-16(19-14)21-3)18-12(2)13-8-6-5-7-9-13/h5-9,11-12H,4,10H2,1-3H3,(H2,17,18,19,20). The molecule has 1 aromatic carbocycles. The molecule has 4 nitrogen and oxygen atoms in total. The Morgan fingerprint density at radius 1 is 1.14 bits per heavy atom. The van der Waals surface area contributed by atoms with Crippen molar-refractivity contribution in [2.45, 2.75) is 31.5 Å². The second-order valence-electron chi connectivity index (χ2n) is 4.83. The number of aromatic nitrogens is 2. The van der Waals surface area contributed by atoms with Crippen LogP contribution in [-0.2, 0) is 0 Å². The Morgan fingerprint density at radius 3 is 2.52 bits per heavy atom. The highest BCUT2D eigenvalue weighted by Crippen LogP contribution is 2.22. The normalized spacial score (nSPS) is 12.0. The maximum Gasteiger partial charge on any atom is 0.191 e. The van der Waals surface area contributed by atoms with E-state index in [1.807, 2.05) is 18.4 Å². The molecule has 0 saturated heterocycles. The molecule has 5 heteroatoms. The molecule has 0 aliphatic rings. The van der Waals surface area contributed by atoms with E-state index in [1.165, 1.54) is 5.56 Å². The van der Waals surface area contributed by atoms with Crippen molar-refractivity contribution in [2.24, 2.45) is 0 Å². The number of rotatable bonds is 7. The van der Waals surface area contributed by atoms with Gasteiger partial charge >= 0.3 is 0 Å². The number of nitrogens with one attached hydrogen (secondary N) is 2. The summed E-state index contributed by atoms with van der Waals surface area (Å²) in [5.74, 6) is 1.73. The number of hydrogen-bond donors (Lipinski definition) is 2. The molecule has 0 aliphatic heterocycles. The molecule has 0 radical (unpaired) electrons. The second-order valence-corrected chi connectivity index (χ2v) is 5.60. The van der Waals surface area contributed by atoms with Crippen molar-refractivity contribution in [1.29, 1.82) is 0 Å². The van der Waals surface area contributed by atoms with Gasteiger partial charge in [0, 0.05) is 18.7 Å². The minimum atomic E-state index is 0.204. The van der Waals surface area contributed by atoms with Crippen molar-refractivity contribution in [2.75, 3.05) is 23.4 Å². The summed E-state index contributed by atoms with van der Waals surface area (Å²) in [6.07, 6.45) is 3.06. The van der Waals surface area contributed by atoms with E-state index in [-0.39, 0.29) is 6.04 Å². The lowest BCUT2D eigenvalue weighted by molar-refractivity contribution is 0.853. The first-order valence-electron chi connectivity index (χ1n) is 7.21. The number of hydrogen-bond acceptors (Lipinski definition) is 5. The van der Waals surface area contributed by atoms with Crippen LogP contribution >= 0.6 is 11.8 Å². The van der Waals surface area contributed by atoms with Gasteiger partial charge in [0.2, 0.25) is 0 Å². The molecular formula is C16H22N4S. The SMILES string of the molecule is CCCNc1cc(NC(C)c2ccccc2)nc(SC)n1. The topological polar surface area (TPSA) is 49.8 Å². The summed E-state index contributed by atoms with van der Waals surface area (Å²) >= 11 is 1.55. The Balaban J connectivity index is 2.14. The van der Waals surface area contributed by atoms with Crippen molar-refractivity contribution < 1.29 is 0 Å². The van der Waals surface area contributed by atoms with Crippen molar-refractivity contribution in [1.82, 2.24) is 9.97 Å². The van der Waals surface area contributed by atoms with Gasteiger partial charge in [0.15, 0.2) is 5.16 Å². The van der Waals surface area contributed by atoms with E-state index in [2.05, 4.69) is 58.7 Å². The van der Waals surface area contributed by atoms with Gasteiger partial charge in [-0.3, -0.25) is 0 Å². The Bertz CT molecular complexity index is 559. The zero-order valence-electron chi connectivity index (χ0n) is 12.8. The molecule has 2 N–H and O–H groups in total. The summed E-state index contributed by atoms with van der Waals surface area (Å²) in [4.78, 5) is 9.00. The quantitative estimate of drug-likeness (QED) is 0.593. The molecule has 1 atom stereocenters. The van der Waals surface area contributed by atoms with Crippen molar-refractivity contribution in [3.05, 3.63) is 42.0 Å². The van der Waals surface area contributed by atoms with Gasteiger partial charge in [-0.2, -0.15) is 0 Å². The molecule has 1 unspecified atom stereocenters. The van der Waals surface area contributed by atoms with E-state index in [1.54, 1.807) is 11.8 Å². The summed E-state index contributed by atoms with van der Waals surface area (Å²) in [5, 5.41) is 7.54. The van der Waals surface area contributed by atoms with Crippen LogP contribution in [0.25, 0.3) is 0 Å². The average molecular weight is 302 g/mol. The van der Waals surface area contributed by atoms with Crippen molar-refractivity contribution in [3.8, 4) is 0 Å². The molecule has 0 amide bonds. The molecule has 0 fully saturated rings. The van der Waals surface area contributed by atoms with Gasteiger partial charge < -0.3 is 10.6 Å². The molecule has 112 valence electrons. The fourth-order valence-electron chi connectivity index (χ4n) is 1.98. The highest BCUT2D eigenvalue weighted by Gasteiger charge is 2.08. The summed E-state index contributed by atoms with van der Waals surface area (Å²) in [5.41, 5.74) is 1.24. The maximum atomic E-state index is 4.53. The van der Waals surface area contributed by atoms with Crippen LogP contribution < -0.4 is 10.6 Å². The Labute approximate surface area is 130 Å². The molecule has 1 heterocycles. The van der Waals surface area contributed by atoms with Crippen LogP contribution in [0.1, 0.15) is 31.9 Å². The smallest absolute Gasteiger partial charge is 0.191 e. The number of anilines is 2. The first kappa shape index (κ1) is 15.6. The van der Waals surface area contributed by atoms with E-state index in [9.17, 15) is 0 Å². The third kappa shape index (κ3) is 4.63. The third-order valence-corrected chi connectivity index (χ3v) is 3.66. The van der Waals surface area contributed by atoms with Gasteiger partial charge in [-0.05, 0) is 25.2 Å². The first-order chi connectivity index (χ1) is 10.2. The maximum absolute atomic E-state index is 4.53. The highest BCUT2D eigenvalue weighted by atomic mass is 32.2. The minimum Gasteiger partial charge on any atom is -0.370 e. The second kappa shape index (κ2) is 7.88. The number of benzene rings is 1. The summed E-state index contributed by atoms with van der Waals surface area (Å²) in [7, 11) is 0. The highest BCUT2D eigenvalue weighted by molar-refractivity contribution is 7.98. The molecule has 0 saturated carbocycles. The zero-order valence-corrected chi connectivity index (χ0v) is 13.6. The minimum absolute atomic E-state index is 0.204. The molecule has 0 spiro atoms. The van der Waals surface area contributed by atoms with Gasteiger partial charge in [0.1, 0.15) is 11.6 Å². The van der Waals surface area contributed by atoms with Crippen LogP contribution in [0.2, 0.25) is 0 Å². The van der Waals surface area contributed by atoms with Crippen LogP contribution in [0, 0.1) is 0 Å². The van der Waals surface area contributed by atoms with E-state index < -0.39 is 0 Å². The fourth-order valence-corrected chi connectivity index (χ4v) is 2.36. The van der Waals surface area contributed by atoms with E-state index in [4.69, 9.17) is 0 Å². The van der Waals surface area contributed by atoms with Gasteiger partial charge in [0.25, 0.3) is 0 Å². The van der Waals surface area contributed by atoms with Crippen LogP contribution in [0.3, 0.4) is 0 Å². The molecular weight excluding hydrogens is 280 g/mol. The lowest BCUT2D eigenvalue weighted by Crippen LogP contribution is -2.10. The van der Waals surface area contributed by atoms with E-state index in [0.29, 0.717) is 0 Å². The Morgan fingerprint density at radius 2 is 1.86 bits per heavy atom. The number of thioether (sulfide) groups is 1. The van der Waals surface area contributed by atoms with Crippen LogP contribution in [-0.4, -0.2) is 22.8 Å². The van der Waals surface area contributed by atoms with Crippen LogP contribution in [0.15, 0.2) is 41.6 Å². The molecule has 1 aromatic heterocycles. The van der Waals surface area contributed by atoms with Crippen LogP contribution in [0.5, 0.6) is 0 Å². The molecule has 0 aliphatic carbocycles. The molecule has 2 rings (SSSR count). The first-order valence-corrected chi connectivity index (χ1v) is 8.43. The molecule has 2 aromatic rings. The molecule has 0 bridgehead atoms. The van der Waals surface area contributed by atoms with Crippen molar-refractivity contribution >= 4 is 23.4 Å². The van der Waals surface area contributed by atoms with E-state index in [0.717, 1.165) is 29.8 Å². The number of nitrogens with zero attached hydrogens (tertiary/aromatic N) is 2. The largest absolute Gasteiger partial charge is 0.370 e. The van der Waals surface area contributed by atoms with E-state index >= 15 is 0 Å². The third-order valence-electron chi connectivity index (χ3n) is 3.11. The monoisotopic (exact) mass is 302 g/mol. The lowest BCUT2D eigenvalue weighted by Gasteiger charge is -2.16. The van der Waals surface area contributed by atoms with Gasteiger partial charge in [-0.25, -0.2) is 9.97 Å². The average Bonchev–Trinajstić information content (AvgIpc) is 2.53. The van der Waals surface area contributed by atoms with Crippen LogP contribution in [0.4, 0.5) is 11.6 Å². The predicted octanol–water partition coefficient (Wildman–Crippen LogP) is 4.19. The Hall–Kier alpha value is -1.75. The summed E-state index contributed by atoms with van der Waals surface area (Å²) < 4.78 is 0. The summed E-state index contributed by atoms with van der Waals surface area (Å²) in [6.45, 7) is 5.19.